The molecule has 1 aliphatic carbocycles. The van der Waals surface area contributed by atoms with Gasteiger partial charge in [-0.1, -0.05) is 6.92 Å². The molecule has 74 valence electrons. The fourth-order valence-electron chi connectivity index (χ4n) is 2.70. The number of ether oxygens (including phenoxy) is 1. The molecule has 1 N–H and O–H groups in total. The topological polar surface area (TPSA) is 46.5 Å². The van der Waals surface area contributed by atoms with E-state index >= 15 is 0 Å². The number of hydrogen-bond acceptors (Lipinski definition) is 3. The molecule has 2 rings (SSSR count). The molecule has 0 aromatic carbocycles. The molecule has 0 radical (unpaired) electrons. The van der Waals surface area contributed by atoms with Gasteiger partial charge in [-0.3, -0.25) is 4.79 Å². The van der Waals surface area contributed by atoms with Crippen LogP contribution in [0.25, 0.3) is 0 Å². The van der Waals surface area contributed by atoms with E-state index in [9.17, 15) is 9.90 Å². The standard InChI is InChI=1S/C10H16O3/c1-6-5-7-8(10(6,2)12)3-4-13-9(7)11/h6-8,12H,3-5H2,1-2H3. The van der Waals surface area contributed by atoms with Crippen LogP contribution in [0.4, 0.5) is 0 Å². The zero-order chi connectivity index (χ0) is 9.64. The molecule has 1 aliphatic heterocycles. The highest BCUT2D eigenvalue weighted by molar-refractivity contribution is 5.74. The second-order valence-electron chi connectivity index (χ2n) is 4.53. The van der Waals surface area contributed by atoms with Crippen molar-refractivity contribution >= 4 is 5.97 Å². The van der Waals surface area contributed by atoms with Crippen molar-refractivity contribution < 1.29 is 14.6 Å². The van der Waals surface area contributed by atoms with Crippen LogP contribution in [0.15, 0.2) is 0 Å². The van der Waals surface area contributed by atoms with Gasteiger partial charge < -0.3 is 9.84 Å². The van der Waals surface area contributed by atoms with E-state index in [-0.39, 0.29) is 23.7 Å². The summed E-state index contributed by atoms with van der Waals surface area (Å²) < 4.78 is 4.98. The minimum Gasteiger partial charge on any atom is -0.465 e. The molecule has 3 heteroatoms. The van der Waals surface area contributed by atoms with Crippen molar-refractivity contribution in [2.24, 2.45) is 17.8 Å². The SMILES string of the molecule is CC1CC2C(=O)OCCC2C1(C)O. The van der Waals surface area contributed by atoms with Crippen LogP contribution in [0.2, 0.25) is 0 Å². The summed E-state index contributed by atoms with van der Waals surface area (Å²) in [4.78, 5) is 11.4. The first-order valence-corrected chi connectivity index (χ1v) is 4.92. The van der Waals surface area contributed by atoms with Crippen molar-refractivity contribution in [1.29, 1.82) is 0 Å². The molecule has 0 bridgehead atoms. The van der Waals surface area contributed by atoms with Gasteiger partial charge in [-0.25, -0.2) is 0 Å². The molecule has 1 saturated heterocycles. The Hall–Kier alpha value is -0.570. The Morgan fingerprint density at radius 1 is 1.62 bits per heavy atom. The average molecular weight is 184 g/mol. The Kier molecular flexibility index (Phi) is 1.88. The van der Waals surface area contributed by atoms with Gasteiger partial charge in [-0.15, -0.1) is 0 Å². The lowest BCUT2D eigenvalue weighted by Gasteiger charge is -2.33. The first-order chi connectivity index (χ1) is 6.03. The van der Waals surface area contributed by atoms with E-state index in [0.717, 1.165) is 12.8 Å². The highest BCUT2D eigenvalue weighted by atomic mass is 16.5. The number of carbonyl (C=O) groups excluding carboxylic acids is 1. The van der Waals surface area contributed by atoms with E-state index in [4.69, 9.17) is 4.74 Å². The zero-order valence-corrected chi connectivity index (χ0v) is 8.12. The van der Waals surface area contributed by atoms with Crippen molar-refractivity contribution in [3.05, 3.63) is 0 Å². The van der Waals surface area contributed by atoms with Gasteiger partial charge >= 0.3 is 5.97 Å². The Labute approximate surface area is 78.1 Å². The van der Waals surface area contributed by atoms with Crippen LogP contribution in [0.1, 0.15) is 26.7 Å². The van der Waals surface area contributed by atoms with E-state index in [1.54, 1.807) is 0 Å². The van der Waals surface area contributed by atoms with Gasteiger partial charge in [-0.2, -0.15) is 0 Å². The molecule has 0 spiro atoms. The fraction of sp³-hybridized carbons (Fsp3) is 0.900. The molecule has 4 unspecified atom stereocenters. The van der Waals surface area contributed by atoms with Crippen LogP contribution in [-0.4, -0.2) is 23.3 Å². The summed E-state index contributed by atoms with van der Waals surface area (Å²) in [6, 6.07) is 0. The summed E-state index contributed by atoms with van der Waals surface area (Å²) in [6.07, 6.45) is 1.59. The number of esters is 1. The highest BCUT2D eigenvalue weighted by Gasteiger charge is 2.53. The third-order valence-corrected chi connectivity index (χ3v) is 3.82. The predicted molar refractivity (Wildman–Crippen MR) is 47.0 cm³/mol. The van der Waals surface area contributed by atoms with E-state index in [1.807, 2.05) is 13.8 Å². The number of aliphatic hydroxyl groups is 1. The summed E-state index contributed by atoms with van der Waals surface area (Å²) in [5.74, 6) is 0.150. The number of carbonyl (C=O) groups is 1. The smallest absolute Gasteiger partial charge is 0.309 e. The monoisotopic (exact) mass is 184 g/mol. The van der Waals surface area contributed by atoms with Gasteiger partial charge in [0.1, 0.15) is 0 Å². The first-order valence-electron chi connectivity index (χ1n) is 4.92. The minimum atomic E-state index is -0.676. The van der Waals surface area contributed by atoms with Crippen LogP contribution in [0.5, 0.6) is 0 Å². The largest absolute Gasteiger partial charge is 0.465 e. The quantitative estimate of drug-likeness (QED) is 0.570. The van der Waals surface area contributed by atoms with Crippen LogP contribution in [0.3, 0.4) is 0 Å². The minimum absolute atomic E-state index is 0.0567. The zero-order valence-electron chi connectivity index (χ0n) is 8.12. The Bertz CT molecular complexity index is 234. The van der Waals surface area contributed by atoms with E-state index < -0.39 is 5.60 Å². The summed E-state index contributed by atoms with van der Waals surface area (Å²) in [6.45, 7) is 4.33. The molecule has 3 nitrogen and oxygen atoms in total. The molecule has 2 fully saturated rings. The van der Waals surface area contributed by atoms with Crippen molar-refractivity contribution in [1.82, 2.24) is 0 Å². The molecular formula is C10H16O3. The maximum absolute atomic E-state index is 11.4. The molecule has 1 heterocycles. The van der Waals surface area contributed by atoms with E-state index in [1.165, 1.54) is 0 Å². The lowest BCUT2D eigenvalue weighted by molar-refractivity contribution is -0.159. The van der Waals surface area contributed by atoms with Gasteiger partial charge in [0.25, 0.3) is 0 Å². The maximum atomic E-state index is 11.4. The Balaban J connectivity index is 2.25. The van der Waals surface area contributed by atoms with Gasteiger partial charge in [0.2, 0.25) is 0 Å². The fourth-order valence-corrected chi connectivity index (χ4v) is 2.70. The average Bonchev–Trinajstić information content (AvgIpc) is 2.28. The molecule has 2 aliphatic rings. The van der Waals surface area contributed by atoms with Gasteiger partial charge in [0.15, 0.2) is 0 Å². The Morgan fingerprint density at radius 2 is 2.31 bits per heavy atom. The number of hydrogen-bond donors (Lipinski definition) is 1. The second-order valence-corrected chi connectivity index (χ2v) is 4.53. The van der Waals surface area contributed by atoms with E-state index in [2.05, 4.69) is 0 Å². The molecular weight excluding hydrogens is 168 g/mol. The van der Waals surface area contributed by atoms with Crippen molar-refractivity contribution in [3.63, 3.8) is 0 Å². The third-order valence-electron chi connectivity index (χ3n) is 3.82. The van der Waals surface area contributed by atoms with Gasteiger partial charge in [-0.05, 0) is 25.7 Å². The number of fused-ring (bicyclic) bond motifs is 1. The molecule has 0 aromatic rings. The number of rotatable bonds is 0. The predicted octanol–water partition coefficient (Wildman–Crippen LogP) is 0.956. The molecule has 13 heavy (non-hydrogen) atoms. The molecule has 1 saturated carbocycles. The number of cyclic esters (lactones) is 1. The highest BCUT2D eigenvalue weighted by Crippen LogP contribution is 2.48. The van der Waals surface area contributed by atoms with Crippen molar-refractivity contribution in [2.75, 3.05) is 6.61 Å². The normalized spacial score (nSPS) is 50.1. The maximum Gasteiger partial charge on any atom is 0.309 e. The van der Waals surface area contributed by atoms with Crippen LogP contribution in [-0.2, 0) is 9.53 Å². The van der Waals surface area contributed by atoms with E-state index in [0.29, 0.717) is 6.61 Å². The lowest BCUT2D eigenvalue weighted by atomic mass is 9.81. The molecule has 4 atom stereocenters. The van der Waals surface area contributed by atoms with Gasteiger partial charge in [0.05, 0.1) is 18.1 Å². The lowest BCUT2D eigenvalue weighted by Crippen LogP contribution is -2.41. The Morgan fingerprint density at radius 3 is 2.92 bits per heavy atom. The van der Waals surface area contributed by atoms with Crippen LogP contribution < -0.4 is 0 Å². The van der Waals surface area contributed by atoms with Gasteiger partial charge in [0, 0.05) is 5.92 Å². The van der Waals surface area contributed by atoms with Crippen LogP contribution >= 0.6 is 0 Å². The summed E-state index contributed by atoms with van der Waals surface area (Å²) >= 11 is 0. The second kappa shape index (κ2) is 2.71. The third kappa shape index (κ3) is 1.17. The van der Waals surface area contributed by atoms with Crippen LogP contribution in [0, 0.1) is 17.8 Å². The molecule has 0 aromatic heterocycles. The van der Waals surface area contributed by atoms with Crippen molar-refractivity contribution in [3.8, 4) is 0 Å². The van der Waals surface area contributed by atoms with Crippen molar-refractivity contribution in [2.45, 2.75) is 32.3 Å². The summed E-state index contributed by atoms with van der Waals surface area (Å²) in [5, 5.41) is 10.2. The first kappa shape index (κ1) is 9.00. The summed E-state index contributed by atoms with van der Waals surface area (Å²) in [5.41, 5.74) is -0.676. The summed E-state index contributed by atoms with van der Waals surface area (Å²) in [7, 11) is 0. The molecule has 0 amide bonds.